The second kappa shape index (κ2) is 5.83. The Balaban J connectivity index is 1.96. The number of benzene rings is 1. The van der Waals surface area contributed by atoms with Gasteiger partial charge in [0, 0.05) is 20.2 Å². The molecule has 0 amide bonds. The maximum Gasteiger partial charge on any atom is 0.0777 e. The highest BCUT2D eigenvalue weighted by atomic mass is 16.5. The van der Waals surface area contributed by atoms with Crippen molar-refractivity contribution in [2.75, 3.05) is 20.2 Å². The van der Waals surface area contributed by atoms with E-state index < -0.39 is 0 Å². The van der Waals surface area contributed by atoms with Gasteiger partial charge in [0.1, 0.15) is 0 Å². The van der Waals surface area contributed by atoms with Gasteiger partial charge in [0.15, 0.2) is 0 Å². The molecule has 0 saturated carbocycles. The molecule has 2 rings (SSSR count). The second-order valence-corrected chi connectivity index (χ2v) is 5.44. The predicted molar refractivity (Wildman–Crippen MR) is 72.3 cm³/mol. The third-order valence-corrected chi connectivity index (χ3v) is 3.84. The molecule has 0 spiro atoms. The van der Waals surface area contributed by atoms with Gasteiger partial charge in [-0.3, -0.25) is 4.90 Å². The summed E-state index contributed by atoms with van der Waals surface area (Å²) in [5.41, 5.74) is 2.27. The SMILES string of the molecule is COC1(C)CCCN(Cc2ccc(CO)cc2)C1. The van der Waals surface area contributed by atoms with Gasteiger partial charge in [-0.25, -0.2) is 0 Å². The Bertz CT molecular complexity index is 377. The van der Waals surface area contributed by atoms with Crippen molar-refractivity contribution in [2.45, 2.75) is 38.5 Å². The number of methoxy groups -OCH3 is 1. The minimum atomic E-state index is 0.00326. The van der Waals surface area contributed by atoms with Crippen LogP contribution in [0.1, 0.15) is 30.9 Å². The fraction of sp³-hybridized carbons (Fsp3) is 0.600. The highest BCUT2D eigenvalue weighted by Crippen LogP contribution is 2.25. The lowest BCUT2D eigenvalue weighted by Gasteiger charge is -2.39. The predicted octanol–water partition coefficient (Wildman–Crippen LogP) is 2.18. The smallest absolute Gasteiger partial charge is 0.0777 e. The third kappa shape index (κ3) is 3.31. The van der Waals surface area contributed by atoms with Crippen LogP contribution in [-0.2, 0) is 17.9 Å². The van der Waals surface area contributed by atoms with E-state index in [0.717, 1.165) is 31.6 Å². The van der Waals surface area contributed by atoms with Gasteiger partial charge in [-0.15, -0.1) is 0 Å². The summed E-state index contributed by atoms with van der Waals surface area (Å²) in [7, 11) is 1.81. The molecule has 1 atom stereocenters. The average molecular weight is 249 g/mol. The van der Waals surface area contributed by atoms with Crippen molar-refractivity contribution >= 4 is 0 Å². The topological polar surface area (TPSA) is 32.7 Å². The monoisotopic (exact) mass is 249 g/mol. The van der Waals surface area contributed by atoms with Crippen LogP contribution in [0.4, 0.5) is 0 Å². The molecule has 1 fully saturated rings. The van der Waals surface area contributed by atoms with Crippen LogP contribution < -0.4 is 0 Å². The Morgan fingerprint density at radius 3 is 2.56 bits per heavy atom. The quantitative estimate of drug-likeness (QED) is 0.887. The molecule has 100 valence electrons. The minimum absolute atomic E-state index is 0.00326. The molecule has 0 bridgehead atoms. The average Bonchev–Trinajstić information content (AvgIpc) is 2.40. The molecule has 0 aromatic heterocycles. The molecule has 1 N–H and O–H groups in total. The molecule has 1 aliphatic rings. The van der Waals surface area contributed by atoms with Crippen LogP contribution in [0.2, 0.25) is 0 Å². The Labute approximate surface area is 109 Å². The third-order valence-electron chi connectivity index (χ3n) is 3.84. The first-order valence-electron chi connectivity index (χ1n) is 6.61. The van der Waals surface area contributed by atoms with E-state index in [1.807, 2.05) is 12.1 Å². The zero-order valence-corrected chi connectivity index (χ0v) is 11.4. The van der Waals surface area contributed by atoms with Crippen molar-refractivity contribution in [1.82, 2.24) is 4.90 Å². The van der Waals surface area contributed by atoms with E-state index in [1.54, 1.807) is 7.11 Å². The summed E-state index contributed by atoms with van der Waals surface area (Å²) >= 11 is 0. The first-order chi connectivity index (χ1) is 8.65. The van der Waals surface area contributed by atoms with E-state index in [4.69, 9.17) is 9.84 Å². The highest BCUT2D eigenvalue weighted by Gasteiger charge is 2.30. The lowest BCUT2D eigenvalue weighted by atomic mass is 9.94. The molecular formula is C15H23NO2. The van der Waals surface area contributed by atoms with Gasteiger partial charge in [0.25, 0.3) is 0 Å². The molecule has 1 saturated heterocycles. The first-order valence-corrected chi connectivity index (χ1v) is 6.61. The van der Waals surface area contributed by atoms with E-state index in [-0.39, 0.29) is 12.2 Å². The number of nitrogens with zero attached hydrogens (tertiary/aromatic N) is 1. The Morgan fingerprint density at radius 1 is 1.28 bits per heavy atom. The molecule has 1 aromatic carbocycles. The van der Waals surface area contributed by atoms with Crippen molar-refractivity contribution in [2.24, 2.45) is 0 Å². The number of piperidine rings is 1. The van der Waals surface area contributed by atoms with Crippen molar-refractivity contribution in [1.29, 1.82) is 0 Å². The molecule has 3 nitrogen and oxygen atoms in total. The van der Waals surface area contributed by atoms with Crippen molar-refractivity contribution in [3.8, 4) is 0 Å². The summed E-state index contributed by atoms with van der Waals surface area (Å²) < 4.78 is 5.61. The van der Waals surface area contributed by atoms with Crippen LogP contribution in [0, 0.1) is 0 Å². The molecule has 1 aromatic rings. The van der Waals surface area contributed by atoms with Crippen LogP contribution in [-0.4, -0.2) is 35.8 Å². The molecule has 1 unspecified atom stereocenters. The molecule has 3 heteroatoms. The maximum absolute atomic E-state index is 9.02. The normalized spacial score (nSPS) is 25.3. The lowest BCUT2D eigenvalue weighted by Crippen LogP contribution is -2.46. The lowest BCUT2D eigenvalue weighted by molar-refractivity contribution is -0.0527. The van der Waals surface area contributed by atoms with Gasteiger partial charge >= 0.3 is 0 Å². The van der Waals surface area contributed by atoms with Gasteiger partial charge in [-0.05, 0) is 37.4 Å². The number of aliphatic hydroxyl groups excluding tert-OH is 1. The number of ether oxygens (including phenoxy) is 1. The van der Waals surface area contributed by atoms with Gasteiger partial charge in [-0.2, -0.15) is 0 Å². The molecule has 0 aliphatic carbocycles. The minimum Gasteiger partial charge on any atom is -0.392 e. The zero-order valence-electron chi connectivity index (χ0n) is 11.4. The van der Waals surface area contributed by atoms with Crippen LogP contribution in [0.3, 0.4) is 0 Å². The standard InChI is InChI=1S/C15H23NO2/c1-15(18-2)8-3-9-16(12-15)10-13-4-6-14(11-17)7-5-13/h4-7,17H,3,8-12H2,1-2H3. The van der Waals surface area contributed by atoms with Crippen molar-refractivity contribution in [3.05, 3.63) is 35.4 Å². The van der Waals surface area contributed by atoms with Crippen LogP contribution in [0.15, 0.2) is 24.3 Å². The van der Waals surface area contributed by atoms with E-state index in [1.165, 1.54) is 12.0 Å². The summed E-state index contributed by atoms with van der Waals surface area (Å²) in [6.07, 6.45) is 2.34. The fourth-order valence-electron chi connectivity index (χ4n) is 2.62. The van der Waals surface area contributed by atoms with Gasteiger partial charge in [-0.1, -0.05) is 24.3 Å². The van der Waals surface area contributed by atoms with E-state index in [2.05, 4.69) is 24.0 Å². The number of likely N-dealkylation sites (tertiary alicyclic amines) is 1. The summed E-state index contributed by atoms with van der Waals surface area (Å²) in [5.74, 6) is 0. The summed E-state index contributed by atoms with van der Waals surface area (Å²) in [5, 5.41) is 9.02. The molecular weight excluding hydrogens is 226 g/mol. The number of rotatable bonds is 4. The summed E-state index contributed by atoms with van der Waals surface area (Å²) in [6, 6.07) is 8.19. The maximum atomic E-state index is 9.02. The van der Waals surface area contributed by atoms with Gasteiger partial charge < -0.3 is 9.84 Å². The number of hydrogen-bond acceptors (Lipinski definition) is 3. The molecule has 1 heterocycles. The summed E-state index contributed by atoms with van der Waals surface area (Å²) in [6.45, 7) is 5.40. The van der Waals surface area contributed by atoms with E-state index >= 15 is 0 Å². The Morgan fingerprint density at radius 2 is 1.94 bits per heavy atom. The van der Waals surface area contributed by atoms with E-state index in [0.29, 0.717) is 0 Å². The van der Waals surface area contributed by atoms with Crippen LogP contribution >= 0.6 is 0 Å². The molecule has 1 aliphatic heterocycles. The highest BCUT2D eigenvalue weighted by molar-refractivity contribution is 5.22. The first kappa shape index (κ1) is 13.5. The van der Waals surface area contributed by atoms with Gasteiger partial charge in [0.05, 0.1) is 12.2 Å². The van der Waals surface area contributed by atoms with Crippen LogP contribution in [0.25, 0.3) is 0 Å². The van der Waals surface area contributed by atoms with Crippen molar-refractivity contribution in [3.63, 3.8) is 0 Å². The molecule has 0 radical (unpaired) electrons. The Kier molecular flexibility index (Phi) is 4.38. The Hall–Kier alpha value is -0.900. The molecule has 18 heavy (non-hydrogen) atoms. The largest absolute Gasteiger partial charge is 0.392 e. The fourth-order valence-corrected chi connectivity index (χ4v) is 2.62. The van der Waals surface area contributed by atoms with Gasteiger partial charge in [0.2, 0.25) is 0 Å². The van der Waals surface area contributed by atoms with Crippen molar-refractivity contribution < 1.29 is 9.84 Å². The second-order valence-electron chi connectivity index (χ2n) is 5.44. The van der Waals surface area contributed by atoms with E-state index in [9.17, 15) is 0 Å². The number of aliphatic hydroxyl groups is 1. The number of hydrogen-bond donors (Lipinski definition) is 1. The zero-order chi connectivity index (χ0) is 13.0. The summed E-state index contributed by atoms with van der Waals surface area (Å²) in [4.78, 5) is 2.45. The van der Waals surface area contributed by atoms with Crippen LogP contribution in [0.5, 0.6) is 0 Å².